The van der Waals surface area contributed by atoms with Crippen molar-refractivity contribution in [2.45, 2.75) is 59.1 Å². The monoisotopic (exact) mass is 458 g/mol. The van der Waals surface area contributed by atoms with Crippen LogP contribution in [0.2, 0.25) is 0 Å². The molecule has 7 nitrogen and oxygen atoms in total. The standard InChI is InChI=1S/C24H34N4O3S/c1-17(2)27(23(30)31-24(3,4)5)16-18-10-9-13-26(15-18)21(29)20-14-25-22(32)28(20)19-11-7-6-8-12-19/h6-8,11-12,14,17-18H,9-10,13,15-16H2,1-5H3,(H,25,32). The van der Waals surface area contributed by atoms with Crippen LogP contribution in [-0.4, -0.2) is 62.6 Å². The predicted octanol–water partition coefficient (Wildman–Crippen LogP) is 5.03. The number of hydrogen-bond acceptors (Lipinski definition) is 4. The molecule has 1 saturated heterocycles. The predicted molar refractivity (Wildman–Crippen MR) is 128 cm³/mol. The number of nitrogens with one attached hydrogen (secondary N) is 1. The third-order valence-electron chi connectivity index (χ3n) is 5.52. The molecular weight excluding hydrogens is 424 g/mol. The quantitative estimate of drug-likeness (QED) is 0.638. The maximum Gasteiger partial charge on any atom is 0.410 e. The van der Waals surface area contributed by atoms with Gasteiger partial charge in [0.05, 0.1) is 0 Å². The minimum Gasteiger partial charge on any atom is -0.444 e. The molecule has 8 heteroatoms. The molecule has 2 heterocycles. The normalized spacial score (nSPS) is 16.8. The van der Waals surface area contributed by atoms with Crippen LogP contribution < -0.4 is 0 Å². The third kappa shape index (κ3) is 5.79. The summed E-state index contributed by atoms with van der Waals surface area (Å²) in [4.78, 5) is 32.8. The van der Waals surface area contributed by atoms with Gasteiger partial charge in [0.2, 0.25) is 0 Å². The highest BCUT2D eigenvalue weighted by molar-refractivity contribution is 7.71. The highest BCUT2D eigenvalue weighted by Crippen LogP contribution is 2.23. The molecule has 1 aliphatic heterocycles. The molecule has 1 N–H and O–H groups in total. The van der Waals surface area contributed by atoms with Crippen molar-refractivity contribution in [3.8, 4) is 5.69 Å². The zero-order chi connectivity index (χ0) is 23.5. The Hall–Kier alpha value is -2.61. The van der Waals surface area contributed by atoms with Crippen molar-refractivity contribution < 1.29 is 14.3 Å². The first-order valence-electron chi connectivity index (χ1n) is 11.2. The van der Waals surface area contributed by atoms with E-state index in [4.69, 9.17) is 17.0 Å². The molecule has 174 valence electrons. The second-order valence-electron chi connectivity index (χ2n) is 9.64. The number of H-pyrrole nitrogens is 1. The summed E-state index contributed by atoms with van der Waals surface area (Å²) < 4.78 is 7.87. The molecule has 1 aliphatic rings. The molecule has 1 atom stereocenters. The van der Waals surface area contributed by atoms with E-state index in [0.29, 0.717) is 30.1 Å². The maximum atomic E-state index is 13.4. The van der Waals surface area contributed by atoms with E-state index in [-0.39, 0.29) is 24.0 Å². The van der Waals surface area contributed by atoms with Crippen LogP contribution in [0.5, 0.6) is 0 Å². The lowest BCUT2D eigenvalue weighted by Crippen LogP contribution is -2.48. The lowest BCUT2D eigenvalue weighted by Gasteiger charge is -2.37. The number of carbonyl (C=O) groups is 2. The van der Waals surface area contributed by atoms with Crippen LogP contribution in [0, 0.1) is 10.7 Å². The van der Waals surface area contributed by atoms with Crippen LogP contribution in [-0.2, 0) is 4.74 Å². The van der Waals surface area contributed by atoms with Gasteiger partial charge in [-0.15, -0.1) is 0 Å². The number of hydrogen-bond donors (Lipinski definition) is 1. The number of ether oxygens (including phenoxy) is 1. The summed E-state index contributed by atoms with van der Waals surface area (Å²) in [6, 6.07) is 9.66. The number of para-hydroxylation sites is 1. The Labute approximate surface area is 195 Å². The SMILES string of the molecule is CC(C)N(CC1CCCN(C(=O)c2c[nH]c(=S)n2-c2ccccc2)C1)C(=O)OC(C)(C)C. The number of rotatable bonds is 5. The summed E-state index contributed by atoms with van der Waals surface area (Å²) in [5, 5.41) is 0. The van der Waals surface area contributed by atoms with Crippen molar-refractivity contribution in [1.82, 2.24) is 19.4 Å². The van der Waals surface area contributed by atoms with Crippen molar-refractivity contribution in [2.75, 3.05) is 19.6 Å². The summed E-state index contributed by atoms with van der Waals surface area (Å²) >= 11 is 5.43. The molecule has 0 bridgehead atoms. The molecule has 1 aromatic heterocycles. The average Bonchev–Trinajstić information content (AvgIpc) is 3.12. The molecule has 32 heavy (non-hydrogen) atoms. The molecular formula is C24H34N4O3S. The van der Waals surface area contributed by atoms with Crippen molar-refractivity contribution in [3.05, 3.63) is 47.0 Å². The van der Waals surface area contributed by atoms with Gasteiger partial charge in [-0.1, -0.05) is 18.2 Å². The first-order chi connectivity index (χ1) is 15.1. The number of aromatic amines is 1. The summed E-state index contributed by atoms with van der Waals surface area (Å²) in [6.45, 7) is 11.4. The molecule has 3 rings (SSSR count). The second-order valence-corrected chi connectivity index (χ2v) is 10.0. The Bertz CT molecular complexity index is 991. The van der Waals surface area contributed by atoms with Gasteiger partial charge in [-0.3, -0.25) is 9.36 Å². The Morgan fingerprint density at radius 2 is 1.94 bits per heavy atom. The Morgan fingerprint density at radius 3 is 2.56 bits per heavy atom. The highest BCUT2D eigenvalue weighted by atomic mass is 32.1. The van der Waals surface area contributed by atoms with E-state index in [1.165, 1.54) is 0 Å². The fourth-order valence-corrected chi connectivity index (χ4v) is 4.28. The van der Waals surface area contributed by atoms with Gasteiger partial charge in [0.15, 0.2) is 4.77 Å². The van der Waals surface area contributed by atoms with Crippen LogP contribution in [0.1, 0.15) is 57.9 Å². The molecule has 2 aromatic rings. The number of amides is 2. The van der Waals surface area contributed by atoms with Gasteiger partial charge in [0, 0.05) is 37.6 Å². The van der Waals surface area contributed by atoms with E-state index >= 15 is 0 Å². The topological polar surface area (TPSA) is 70.6 Å². The van der Waals surface area contributed by atoms with Crippen LogP contribution in [0.25, 0.3) is 5.69 Å². The van der Waals surface area contributed by atoms with Gasteiger partial charge in [-0.2, -0.15) is 0 Å². The molecule has 2 amide bonds. The smallest absolute Gasteiger partial charge is 0.410 e. The van der Waals surface area contributed by atoms with Gasteiger partial charge in [-0.05, 0) is 77.7 Å². The van der Waals surface area contributed by atoms with E-state index < -0.39 is 5.60 Å². The van der Waals surface area contributed by atoms with Gasteiger partial charge in [-0.25, -0.2) is 4.79 Å². The zero-order valence-electron chi connectivity index (χ0n) is 19.6. The van der Waals surface area contributed by atoms with Crippen LogP contribution in [0.15, 0.2) is 36.5 Å². The molecule has 0 radical (unpaired) electrons. The van der Waals surface area contributed by atoms with Crippen LogP contribution in [0.4, 0.5) is 4.79 Å². The van der Waals surface area contributed by atoms with E-state index in [2.05, 4.69) is 4.98 Å². The molecule has 1 fully saturated rings. The Balaban J connectivity index is 1.74. The maximum absolute atomic E-state index is 13.4. The van der Waals surface area contributed by atoms with Crippen molar-refractivity contribution in [2.24, 2.45) is 5.92 Å². The van der Waals surface area contributed by atoms with Gasteiger partial charge < -0.3 is 19.5 Å². The second kappa shape index (κ2) is 9.90. The van der Waals surface area contributed by atoms with E-state index in [0.717, 1.165) is 18.5 Å². The van der Waals surface area contributed by atoms with E-state index in [1.807, 2.05) is 69.9 Å². The molecule has 1 aromatic carbocycles. The molecule has 0 saturated carbocycles. The minimum absolute atomic E-state index is 0.0172. The van der Waals surface area contributed by atoms with E-state index in [9.17, 15) is 9.59 Å². The number of carbonyl (C=O) groups excluding carboxylic acids is 2. The fourth-order valence-electron chi connectivity index (χ4n) is 4.01. The van der Waals surface area contributed by atoms with Crippen LogP contribution in [0.3, 0.4) is 0 Å². The summed E-state index contributed by atoms with van der Waals surface area (Å²) in [7, 11) is 0. The number of aromatic nitrogens is 2. The van der Waals surface area contributed by atoms with Crippen LogP contribution >= 0.6 is 12.2 Å². The number of imidazole rings is 1. The largest absolute Gasteiger partial charge is 0.444 e. The fraction of sp³-hybridized carbons (Fsp3) is 0.542. The zero-order valence-corrected chi connectivity index (χ0v) is 20.4. The Morgan fingerprint density at radius 1 is 1.25 bits per heavy atom. The highest BCUT2D eigenvalue weighted by Gasteiger charge is 2.31. The summed E-state index contributed by atoms with van der Waals surface area (Å²) in [5.41, 5.74) is 0.835. The number of benzene rings is 1. The third-order valence-corrected chi connectivity index (χ3v) is 5.82. The van der Waals surface area contributed by atoms with Crippen molar-refractivity contribution in [1.29, 1.82) is 0 Å². The lowest BCUT2D eigenvalue weighted by molar-refractivity contribution is 0.0123. The lowest BCUT2D eigenvalue weighted by atomic mass is 9.96. The van der Waals surface area contributed by atoms with Crippen molar-refractivity contribution >= 4 is 24.2 Å². The first kappa shape index (κ1) is 24.0. The van der Waals surface area contributed by atoms with Gasteiger partial charge in [0.25, 0.3) is 5.91 Å². The summed E-state index contributed by atoms with van der Waals surface area (Å²) in [5.74, 6) is 0.133. The molecule has 1 unspecified atom stereocenters. The first-order valence-corrected chi connectivity index (χ1v) is 11.6. The van der Waals surface area contributed by atoms with Gasteiger partial charge >= 0.3 is 6.09 Å². The molecule has 0 spiro atoms. The number of likely N-dealkylation sites (tertiary alicyclic amines) is 1. The average molecular weight is 459 g/mol. The Kier molecular flexibility index (Phi) is 7.44. The van der Waals surface area contributed by atoms with Gasteiger partial charge in [0.1, 0.15) is 11.3 Å². The van der Waals surface area contributed by atoms with Crippen molar-refractivity contribution in [3.63, 3.8) is 0 Å². The van der Waals surface area contributed by atoms with E-state index in [1.54, 1.807) is 15.7 Å². The number of piperidine rings is 1. The molecule has 0 aliphatic carbocycles. The number of nitrogens with zero attached hydrogens (tertiary/aromatic N) is 3. The summed E-state index contributed by atoms with van der Waals surface area (Å²) in [6.07, 6.45) is 3.24. The minimum atomic E-state index is -0.542.